The van der Waals surface area contributed by atoms with Crippen molar-refractivity contribution in [2.75, 3.05) is 6.61 Å². The van der Waals surface area contributed by atoms with Crippen molar-refractivity contribution < 1.29 is 9.53 Å². The minimum atomic E-state index is -0.439. The van der Waals surface area contributed by atoms with Crippen LogP contribution in [-0.4, -0.2) is 33.0 Å². The Morgan fingerprint density at radius 2 is 1.91 bits per heavy atom. The maximum absolute atomic E-state index is 13.0. The molecule has 0 amide bonds. The number of nitrogens with zero attached hydrogens (tertiary/aromatic N) is 4. The molecule has 0 saturated carbocycles. The molecule has 0 atom stereocenters. The standard InChI is InChI=1S/C24H24N4O3S/c1-6-31-24(30)21-16(4)20-22(32-21)25-13-27(23(20)29)26-12-18-11-15(3)28(17(18)5)19-9-7-14(2)8-10-19/h7-13H,6H2,1-5H3/b26-12+. The van der Waals surface area contributed by atoms with Crippen molar-refractivity contribution in [3.05, 3.63) is 80.0 Å². The minimum absolute atomic E-state index is 0.273. The summed E-state index contributed by atoms with van der Waals surface area (Å²) >= 11 is 1.16. The number of fused-ring (bicyclic) bond motifs is 1. The molecule has 4 rings (SSSR count). The lowest BCUT2D eigenvalue weighted by Gasteiger charge is -2.09. The molecule has 32 heavy (non-hydrogen) atoms. The van der Waals surface area contributed by atoms with E-state index in [1.54, 1.807) is 20.1 Å². The molecule has 0 aliphatic carbocycles. The Morgan fingerprint density at radius 3 is 2.59 bits per heavy atom. The van der Waals surface area contributed by atoms with Gasteiger partial charge in [0, 0.05) is 22.6 Å². The van der Waals surface area contributed by atoms with Crippen molar-refractivity contribution in [2.24, 2.45) is 5.10 Å². The van der Waals surface area contributed by atoms with Crippen molar-refractivity contribution in [1.29, 1.82) is 0 Å². The zero-order chi connectivity index (χ0) is 23.0. The topological polar surface area (TPSA) is 78.5 Å². The summed E-state index contributed by atoms with van der Waals surface area (Å²) in [7, 11) is 0. The number of carbonyl (C=O) groups excluding carboxylic acids is 1. The third-order valence-corrected chi connectivity index (χ3v) is 6.56. The van der Waals surface area contributed by atoms with E-state index >= 15 is 0 Å². The molecule has 1 aromatic carbocycles. The third-order valence-electron chi connectivity index (χ3n) is 5.38. The lowest BCUT2D eigenvalue weighted by Crippen LogP contribution is -2.17. The number of aryl methyl sites for hydroxylation is 3. The molecule has 0 aliphatic rings. The Morgan fingerprint density at radius 1 is 1.19 bits per heavy atom. The highest BCUT2D eigenvalue weighted by molar-refractivity contribution is 7.20. The van der Waals surface area contributed by atoms with Crippen LogP contribution in [0.15, 0.2) is 46.6 Å². The zero-order valence-electron chi connectivity index (χ0n) is 18.7. The lowest BCUT2D eigenvalue weighted by atomic mass is 10.2. The van der Waals surface area contributed by atoms with Gasteiger partial charge in [0.15, 0.2) is 0 Å². The quantitative estimate of drug-likeness (QED) is 0.332. The van der Waals surface area contributed by atoms with E-state index in [0.717, 1.165) is 34.0 Å². The number of hydrogen-bond acceptors (Lipinski definition) is 6. The van der Waals surface area contributed by atoms with E-state index in [0.29, 0.717) is 20.7 Å². The molecule has 0 spiro atoms. The molecule has 0 fully saturated rings. The van der Waals surface area contributed by atoms with Crippen molar-refractivity contribution in [2.45, 2.75) is 34.6 Å². The van der Waals surface area contributed by atoms with Gasteiger partial charge in [0.2, 0.25) is 0 Å². The van der Waals surface area contributed by atoms with Crippen molar-refractivity contribution >= 4 is 33.7 Å². The average Bonchev–Trinajstić information content (AvgIpc) is 3.25. The van der Waals surface area contributed by atoms with Crippen LogP contribution in [0, 0.1) is 27.7 Å². The van der Waals surface area contributed by atoms with Gasteiger partial charge in [-0.15, -0.1) is 11.3 Å². The van der Waals surface area contributed by atoms with Crippen LogP contribution in [0.5, 0.6) is 0 Å². The third kappa shape index (κ3) is 3.78. The number of ether oxygens (including phenoxy) is 1. The summed E-state index contributed by atoms with van der Waals surface area (Å²) in [6.07, 6.45) is 3.04. The first-order chi connectivity index (χ1) is 15.3. The molecule has 0 aliphatic heterocycles. The largest absolute Gasteiger partial charge is 0.462 e. The molecule has 0 unspecified atom stereocenters. The highest BCUT2D eigenvalue weighted by Gasteiger charge is 2.20. The van der Waals surface area contributed by atoms with Gasteiger partial charge < -0.3 is 9.30 Å². The van der Waals surface area contributed by atoms with Gasteiger partial charge >= 0.3 is 5.97 Å². The molecule has 3 heterocycles. The Kier molecular flexibility index (Phi) is 5.80. The van der Waals surface area contributed by atoms with E-state index in [9.17, 15) is 9.59 Å². The maximum atomic E-state index is 13.0. The van der Waals surface area contributed by atoms with Gasteiger partial charge in [0.25, 0.3) is 5.56 Å². The van der Waals surface area contributed by atoms with E-state index < -0.39 is 5.97 Å². The Balaban J connectivity index is 1.72. The summed E-state index contributed by atoms with van der Waals surface area (Å²) in [6.45, 7) is 9.87. The monoisotopic (exact) mass is 448 g/mol. The van der Waals surface area contributed by atoms with E-state index in [1.165, 1.54) is 16.6 Å². The van der Waals surface area contributed by atoms with Gasteiger partial charge in [0.05, 0.1) is 18.2 Å². The number of rotatable bonds is 5. The molecular weight excluding hydrogens is 424 g/mol. The second kappa shape index (κ2) is 8.55. The number of thiophene rings is 1. The molecule has 4 aromatic rings. The highest BCUT2D eigenvalue weighted by Crippen LogP contribution is 2.27. The number of benzene rings is 1. The van der Waals surface area contributed by atoms with Gasteiger partial charge in [-0.3, -0.25) is 4.79 Å². The second-order valence-corrected chi connectivity index (χ2v) is 8.59. The summed E-state index contributed by atoms with van der Waals surface area (Å²) in [5, 5.41) is 4.76. The molecule has 8 heteroatoms. The SMILES string of the molecule is CCOC(=O)c1sc2ncn(/N=C/c3cc(C)n(-c4ccc(C)cc4)c3C)c(=O)c2c1C. The van der Waals surface area contributed by atoms with Crippen molar-refractivity contribution in [1.82, 2.24) is 14.2 Å². The van der Waals surface area contributed by atoms with Gasteiger partial charge in [-0.05, 0) is 58.4 Å². The molecule has 164 valence electrons. The van der Waals surface area contributed by atoms with E-state index in [4.69, 9.17) is 4.74 Å². The first-order valence-corrected chi connectivity index (χ1v) is 11.1. The van der Waals surface area contributed by atoms with Crippen LogP contribution in [0.4, 0.5) is 0 Å². The number of aromatic nitrogens is 3. The van der Waals surface area contributed by atoms with E-state index in [-0.39, 0.29) is 12.2 Å². The average molecular weight is 449 g/mol. The summed E-state index contributed by atoms with van der Waals surface area (Å²) in [6, 6.07) is 10.4. The summed E-state index contributed by atoms with van der Waals surface area (Å²) in [4.78, 5) is 30.4. The lowest BCUT2D eigenvalue weighted by molar-refractivity contribution is 0.0531. The van der Waals surface area contributed by atoms with Crippen LogP contribution >= 0.6 is 11.3 Å². The molecule has 0 saturated heterocycles. The van der Waals surface area contributed by atoms with Crippen molar-refractivity contribution in [3.63, 3.8) is 0 Å². The normalized spacial score (nSPS) is 11.5. The molecule has 7 nitrogen and oxygen atoms in total. The Labute approximate surface area is 189 Å². The summed E-state index contributed by atoms with van der Waals surface area (Å²) < 4.78 is 8.44. The molecule has 3 aromatic heterocycles. The summed E-state index contributed by atoms with van der Waals surface area (Å²) in [5.74, 6) is -0.439. The van der Waals surface area contributed by atoms with Gasteiger partial charge in [-0.2, -0.15) is 9.78 Å². The fourth-order valence-electron chi connectivity index (χ4n) is 3.72. The summed E-state index contributed by atoms with van der Waals surface area (Å²) in [5.41, 5.74) is 5.53. The van der Waals surface area contributed by atoms with Crippen molar-refractivity contribution in [3.8, 4) is 5.69 Å². The molecule has 0 bridgehead atoms. The maximum Gasteiger partial charge on any atom is 0.348 e. The molecule has 0 N–H and O–H groups in total. The van der Waals surface area contributed by atoms with Crippen LogP contribution in [0.25, 0.3) is 15.9 Å². The predicted molar refractivity (Wildman–Crippen MR) is 128 cm³/mol. The fraction of sp³-hybridized carbons (Fsp3) is 0.250. The number of hydrogen-bond donors (Lipinski definition) is 0. The van der Waals surface area contributed by atoms with Gasteiger partial charge in [-0.25, -0.2) is 9.78 Å². The fourth-order valence-corrected chi connectivity index (χ4v) is 4.76. The first kappa shape index (κ1) is 21.7. The predicted octanol–water partition coefficient (Wildman–Crippen LogP) is 4.54. The van der Waals surface area contributed by atoms with E-state index in [2.05, 4.69) is 45.8 Å². The number of esters is 1. The van der Waals surface area contributed by atoms with Crippen LogP contribution < -0.4 is 5.56 Å². The van der Waals surface area contributed by atoms with Gasteiger partial charge in [-0.1, -0.05) is 17.7 Å². The Bertz CT molecular complexity index is 1410. The molecule has 0 radical (unpaired) electrons. The van der Waals surface area contributed by atoms with Crippen LogP contribution in [0.2, 0.25) is 0 Å². The van der Waals surface area contributed by atoms with E-state index in [1.807, 2.05) is 19.9 Å². The van der Waals surface area contributed by atoms with Crippen LogP contribution in [0.3, 0.4) is 0 Å². The first-order valence-electron chi connectivity index (χ1n) is 10.3. The number of carbonyl (C=O) groups is 1. The minimum Gasteiger partial charge on any atom is -0.462 e. The Hall–Kier alpha value is -3.52. The van der Waals surface area contributed by atoms with Crippen LogP contribution in [-0.2, 0) is 4.74 Å². The smallest absolute Gasteiger partial charge is 0.348 e. The van der Waals surface area contributed by atoms with Gasteiger partial charge in [0.1, 0.15) is 16.0 Å². The second-order valence-electron chi connectivity index (χ2n) is 7.59. The zero-order valence-corrected chi connectivity index (χ0v) is 19.5. The molecular formula is C24H24N4O3S. The highest BCUT2D eigenvalue weighted by atomic mass is 32.1. The van der Waals surface area contributed by atoms with Crippen LogP contribution in [0.1, 0.15) is 44.7 Å².